The van der Waals surface area contributed by atoms with Gasteiger partial charge in [-0.25, -0.2) is 4.98 Å². The molecular weight excluding hydrogens is 332 g/mol. The number of rotatable bonds is 5. The molecule has 1 atom stereocenters. The molecule has 5 nitrogen and oxygen atoms in total. The molecule has 1 unspecified atom stereocenters. The fourth-order valence-corrected chi connectivity index (χ4v) is 5.04. The molecule has 1 aliphatic heterocycles. The third kappa shape index (κ3) is 3.02. The Morgan fingerprint density at radius 2 is 2.24 bits per heavy atom. The zero-order valence-electron chi connectivity index (χ0n) is 15.0. The summed E-state index contributed by atoms with van der Waals surface area (Å²) in [5.41, 5.74) is 2.27. The van der Waals surface area contributed by atoms with Gasteiger partial charge in [-0.3, -0.25) is 4.79 Å². The Balaban J connectivity index is 1.62. The van der Waals surface area contributed by atoms with Gasteiger partial charge >= 0.3 is 0 Å². The molecule has 2 fully saturated rings. The second-order valence-corrected chi connectivity index (χ2v) is 8.11. The molecule has 1 saturated heterocycles. The number of nitrogens with one attached hydrogen (secondary N) is 1. The van der Waals surface area contributed by atoms with Gasteiger partial charge in [0.2, 0.25) is 0 Å². The van der Waals surface area contributed by atoms with Crippen LogP contribution >= 0.6 is 11.3 Å². The SMILES string of the molecule is CCn1ccnc1CN(C(=O)c1cscc1C)C1CC12CCNCC2. The number of hydrogen-bond acceptors (Lipinski definition) is 4. The number of hydrogen-bond donors (Lipinski definition) is 1. The normalized spacial score (nSPS) is 21.4. The number of thiophene rings is 1. The van der Waals surface area contributed by atoms with Crippen molar-refractivity contribution in [3.8, 4) is 0 Å². The van der Waals surface area contributed by atoms with Gasteiger partial charge < -0.3 is 14.8 Å². The fourth-order valence-electron chi connectivity index (χ4n) is 4.22. The molecule has 1 spiro atoms. The number of nitrogens with zero attached hydrogens (tertiary/aromatic N) is 3. The maximum Gasteiger partial charge on any atom is 0.255 e. The molecule has 0 aromatic carbocycles. The first-order chi connectivity index (χ1) is 12.1. The van der Waals surface area contributed by atoms with Gasteiger partial charge in [-0.15, -0.1) is 0 Å². The molecule has 1 amide bonds. The summed E-state index contributed by atoms with van der Waals surface area (Å²) < 4.78 is 2.14. The second kappa shape index (κ2) is 6.57. The van der Waals surface area contributed by atoms with Crippen LogP contribution in [0.5, 0.6) is 0 Å². The number of aromatic nitrogens is 2. The van der Waals surface area contributed by atoms with E-state index >= 15 is 0 Å². The number of aryl methyl sites for hydroxylation is 2. The third-order valence-corrected chi connectivity index (χ3v) is 6.78. The van der Waals surface area contributed by atoms with Gasteiger partial charge in [0.15, 0.2) is 0 Å². The first-order valence-electron chi connectivity index (χ1n) is 9.19. The predicted molar refractivity (Wildman–Crippen MR) is 99.8 cm³/mol. The Morgan fingerprint density at radius 1 is 1.44 bits per heavy atom. The molecular formula is C19H26N4OS. The monoisotopic (exact) mass is 358 g/mol. The van der Waals surface area contributed by atoms with Gasteiger partial charge in [-0.05, 0) is 62.6 Å². The van der Waals surface area contributed by atoms with Crippen LogP contribution in [0.3, 0.4) is 0 Å². The molecule has 1 saturated carbocycles. The first kappa shape index (κ1) is 16.8. The van der Waals surface area contributed by atoms with Crippen molar-refractivity contribution in [1.29, 1.82) is 0 Å². The van der Waals surface area contributed by atoms with Crippen molar-refractivity contribution < 1.29 is 4.79 Å². The van der Waals surface area contributed by atoms with Gasteiger partial charge in [0.05, 0.1) is 12.1 Å². The molecule has 1 N–H and O–H groups in total. The van der Waals surface area contributed by atoms with Crippen LogP contribution in [0.15, 0.2) is 23.2 Å². The van der Waals surface area contributed by atoms with Crippen LogP contribution in [0.2, 0.25) is 0 Å². The van der Waals surface area contributed by atoms with Crippen molar-refractivity contribution in [2.75, 3.05) is 13.1 Å². The fraction of sp³-hybridized carbons (Fsp3) is 0.579. The highest BCUT2D eigenvalue weighted by molar-refractivity contribution is 7.08. The number of piperidine rings is 1. The van der Waals surface area contributed by atoms with Gasteiger partial charge in [0.25, 0.3) is 5.91 Å². The molecule has 0 bridgehead atoms. The van der Waals surface area contributed by atoms with Gasteiger partial charge in [0, 0.05) is 30.4 Å². The van der Waals surface area contributed by atoms with Crippen LogP contribution in [0.4, 0.5) is 0 Å². The average molecular weight is 359 g/mol. The second-order valence-electron chi connectivity index (χ2n) is 7.36. The summed E-state index contributed by atoms with van der Waals surface area (Å²) in [6, 6.07) is 0.350. The van der Waals surface area contributed by atoms with Crippen molar-refractivity contribution in [1.82, 2.24) is 19.8 Å². The molecule has 2 aromatic heterocycles. The Kier molecular flexibility index (Phi) is 4.41. The van der Waals surface area contributed by atoms with E-state index < -0.39 is 0 Å². The summed E-state index contributed by atoms with van der Waals surface area (Å²) in [7, 11) is 0. The molecule has 2 aromatic rings. The van der Waals surface area contributed by atoms with E-state index in [1.54, 1.807) is 11.3 Å². The smallest absolute Gasteiger partial charge is 0.255 e. The Hall–Kier alpha value is -1.66. The number of carbonyl (C=O) groups excluding carboxylic acids is 1. The van der Waals surface area contributed by atoms with E-state index in [2.05, 4.69) is 32.1 Å². The lowest BCUT2D eigenvalue weighted by molar-refractivity contribution is 0.0684. The molecule has 0 radical (unpaired) electrons. The Morgan fingerprint density at radius 3 is 2.92 bits per heavy atom. The summed E-state index contributed by atoms with van der Waals surface area (Å²) in [5.74, 6) is 1.16. The largest absolute Gasteiger partial charge is 0.334 e. The van der Waals surface area contributed by atoms with Gasteiger partial charge in [-0.1, -0.05) is 0 Å². The van der Waals surface area contributed by atoms with Crippen molar-refractivity contribution in [2.24, 2.45) is 5.41 Å². The van der Waals surface area contributed by atoms with E-state index in [1.165, 1.54) is 12.8 Å². The van der Waals surface area contributed by atoms with E-state index in [0.717, 1.165) is 43.0 Å². The molecule has 3 heterocycles. The third-order valence-electron chi connectivity index (χ3n) is 5.92. The van der Waals surface area contributed by atoms with E-state index in [4.69, 9.17) is 0 Å². The minimum atomic E-state index is 0.171. The average Bonchev–Trinajstić information content (AvgIpc) is 2.99. The highest BCUT2D eigenvalue weighted by Gasteiger charge is 2.58. The number of carbonyl (C=O) groups is 1. The highest BCUT2D eigenvalue weighted by Crippen LogP contribution is 2.56. The lowest BCUT2D eigenvalue weighted by atomic mass is 9.93. The standard InChI is InChI=1S/C19H26N4OS/c1-3-22-9-8-21-17(22)11-23(18(24)15-13-25-12-14(15)2)16-10-19(16)4-6-20-7-5-19/h8-9,12-13,16,20H,3-7,10-11H2,1-2H3. The van der Waals surface area contributed by atoms with Crippen LogP contribution in [0.1, 0.15) is 47.9 Å². The van der Waals surface area contributed by atoms with Gasteiger partial charge in [-0.2, -0.15) is 11.3 Å². The van der Waals surface area contributed by atoms with Crippen molar-refractivity contribution >= 4 is 17.2 Å². The van der Waals surface area contributed by atoms with Crippen molar-refractivity contribution in [3.05, 3.63) is 40.1 Å². The van der Waals surface area contributed by atoms with Gasteiger partial charge in [0.1, 0.15) is 5.82 Å². The minimum absolute atomic E-state index is 0.171. The van der Waals surface area contributed by atoms with Crippen molar-refractivity contribution in [2.45, 2.75) is 52.2 Å². The van der Waals surface area contributed by atoms with Crippen LogP contribution in [-0.4, -0.2) is 39.5 Å². The molecule has 6 heteroatoms. The molecule has 1 aliphatic carbocycles. The highest BCUT2D eigenvalue weighted by atomic mass is 32.1. The summed E-state index contributed by atoms with van der Waals surface area (Å²) in [5, 5.41) is 7.51. The first-order valence-corrected chi connectivity index (χ1v) is 10.1. The predicted octanol–water partition coefficient (Wildman–Crippen LogP) is 3.06. The summed E-state index contributed by atoms with van der Waals surface area (Å²) in [6.45, 7) is 7.77. The number of amides is 1. The topological polar surface area (TPSA) is 50.2 Å². The van der Waals surface area contributed by atoms with E-state index in [9.17, 15) is 4.79 Å². The molecule has 25 heavy (non-hydrogen) atoms. The van der Waals surface area contributed by atoms with E-state index in [0.29, 0.717) is 18.0 Å². The van der Waals surface area contributed by atoms with E-state index in [1.807, 2.05) is 24.7 Å². The van der Waals surface area contributed by atoms with Crippen molar-refractivity contribution in [3.63, 3.8) is 0 Å². The van der Waals surface area contributed by atoms with Crippen LogP contribution in [0.25, 0.3) is 0 Å². The summed E-state index contributed by atoms with van der Waals surface area (Å²) in [6.07, 6.45) is 7.32. The lowest BCUT2D eigenvalue weighted by Gasteiger charge is -2.29. The van der Waals surface area contributed by atoms with Crippen LogP contribution in [0, 0.1) is 12.3 Å². The minimum Gasteiger partial charge on any atom is -0.334 e. The zero-order chi connectivity index (χ0) is 17.4. The van der Waals surface area contributed by atoms with Crippen LogP contribution < -0.4 is 5.32 Å². The Labute approximate surface area is 153 Å². The molecule has 134 valence electrons. The lowest BCUT2D eigenvalue weighted by Crippen LogP contribution is -2.39. The van der Waals surface area contributed by atoms with E-state index in [-0.39, 0.29) is 5.91 Å². The quantitative estimate of drug-likeness (QED) is 0.894. The Bertz CT molecular complexity index is 759. The summed E-state index contributed by atoms with van der Waals surface area (Å²) >= 11 is 1.61. The van der Waals surface area contributed by atoms with Crippen LogP contribution in [-0.2, 0) is 13.1 Å². The maximum absolute atomic E-state index is 13.3. The maximum atomic E-state index is 13.3. The zero-order valence-corrected chi connectivity index (χ0v) is 15.8. The summed E-state index contributed by atoms with van der Waals surface area (Å²) in [4.78, 5) is 20.0. The molecule has 4 rings (SSSR count). The number of imidazole rings is 1. The molecule has 2 aliphatic rings.